The molecule has 0 amide bonds. The lowest BCUT2D eigenvalue weighted by Gasteiger charge is -2.56. The smallest absolute Gasteiger partial charge is 0.0371 e. The van der Waals surface area contributed by atoms with Crippen molar-refractivity contribution in [2.24, 2.45) is 29.6 Å². The summed E-state index contributed by atoms with van der Waals surface area (Å²) in [4.78, 5) is 0. The Morgan fingerprint density at radius 2 is 1.74 bits per heavy atom. The predicted molar refractivity (Wildman–Crippen MR) is 84.4 cm³/mol. The number of hydrogen-bond acceptors (Lipinski definition) is 2. The van der Waals surface area contributed by atoms with Crippen LogP contribution in [0.3, 0.4) is 0 Å². The molecular weight excluding hydrogens is 318 g/mol. The van der Waals surface area contributed by atoms with Crippen molar-refractivity contribution in [2.75, 3.05) is 7.05 Å². The van der Waals surface area contributed by atoms with E-state index in [1.807, 2.05) is 11.3 Å². The topological polar surface area (TPSA) is 12.0 Å². The number of hydrogen-bond donors (Lipinski definition) is 1. The van der Waals surface area contributed by atoms with Gasteiger partial charge in [0, 0.05) is 15.9 Å². The fraction of sp³-hybridized carbons (Fsp3) is 0.750. The predicted octanol–water partition coefficient (Wildman–Crippen LogP) is 4.84. The molecule has 0 aliphatic heterocycles. The largest absolute Gasteiger partial charge is 0.313 e. The van der Waals surface area contributed by atoms with E-state index in [4.69, 9.17) is 0 Å². The van der Waals surface area contributed by atoms with E-state index in [2.05, 4.69) is 39.1 Å². The van der Waals surface area contributed by atoms with Gasteiger partial charge in [-0.05, 0) is 95.6 Å². The van der Waals surface area contributed by atoms with Crippen molar-refractivity contribution in [3.63, 3.8) is 0 Å². The second-order valence-corrected chi connectivity index (χ2v) is 8.55. The molecule has 1 nitrogen and oxygen atoms in total. The van der Waals surface area contributed by atoms with E-state index in [-0.39, 0.29) is 0 Å². The standard InChI is InChI=1S/C16H22BrNS/c1-18-16(13-7-19-8-14(13)17)15-11-3-9-2-10(5-11)6-12(15)4-9/h7-12,15-16,18H,2-6H2,1H3. The van der Waals surface area contributed by atoms with Crippen molar-refractivity contribution in [2.45, 2.75) is 38.1 Å². The minimum absolute atomic E-state index is 0.565. The Morgan fingerprint density at radius 1 is 1.11 bits per heavy atom. The molecule has 1 atom stereocenters. The molecule has 0 radical (unpaired) electrons. The monoisotopic (exact) mass is 339 g/mol. The van der Waals surface area contributed by atoms with E-state index < -0.39 is 0 Å². The highest BCUT2D eigenvalue weighted by Gasteiger charge is 2.50. The maximum Gasteiger partial charge on any atom is 0.0371 e. The van der Waals surface area contributed by atoms with Gasteiger partial charge in [0.2, 0.25) is 0 Å². The lowest BCUT2D eigenvalue weighted by atomic mass is 9.50. The summed E-state index contributed by atoms with van der Waals surface area (Å²) in [6.07, 6.45) is 7.59. The first-order valence-electron chi connectivity index (χ1n) is 7.65. The van der Waals surface area contributed by atoms with E-state index in [0.717, 1.165) is 29.6 Å². The van der Waals surface area contributed by atoms with Gasteiger partial charge in [0.25, 0.3) is 0 Å². The zero-order valence-electron chi connectivity index (χ0n) is 11.4. The first kappa shape index (κ1) is 12.8. The summed E-state index contributed by atoms with van der Waals surface area (Å²) < 4.78 is 1.31. The molecule has 0 aromatic carbocycles. The van der Waals surface area contributed by atoms with Crippen LogP contribution in [-0.2, 0) is 0 Å². The molecule has 1 unspecified atom stereocenters. The van der Waals surface area contributed by atoms with Crippen molar-refractivity contribution in [1.29, 1.82) is 0 Å². The van der Waals surface area contributed by atoms with Gasteiger partial charge in [-0.3, -0.25) is 0 Å². The molecule has 1 N–H and O–H groups in total. The SMILES string of the molecule is CNC(c1cscc1Br)C1C2CC3CC(C2)CC1C3. The minimum Gasteiger partial charge on any atom is -0.313 e. The fourth-order valence-electron chi connectivity index (χ4n) is 5.58. The molecule has 0 spiro atoms. The van der Waals surface area contributed by atoms with Crippen LogP contribution in [0.15, 0.2) is 15.2 Å². The normalized spacial score (nSPS) is 41.7. The van der Waals surface area contributed by atoms with Gasteiger partial charge in [-0.1, -0.05) is 0 Å². The van der Waals surface area contributed by atoms with E-state index >= 15 is 0 Å². The fourth-order valence-corrected chi connectivity index (χ4v) is 7.16. The van der Waals surface area contributed by atoms with Crippen molar-refractivity contribution in [3.05, 3.63) is 20.8 Å². The minimum atomic E-state index is 0.565. The van der Waals surface area contributed by atoms with Crippen LogP contribution in [0.4, 0.5) is 0 Å². The number of nitrogens with one attached hydrogen (secondary N) is 1. The lowest BCUT2D eigenvalue weighted by molar-refractivity contribution is -0.0515. The van der Waals surface area contributed by atoms with Crippen molar-refractivity contribution in [3.8, 4) is 0 Å². The van der Waals surface area contributed by atoms with Crippen LogP contribution in [-0.4, -0.2) is 7.05 Å². The van der Waals surface area contributed by atoms with Crippen LogP contribution in [0.1, 0.15) is 43.7 Å². The van der Waals surface area contributed by atoms with Crippen LogP contribution in [0.5, 0.6) is 0 Å². The van der Waals surface area contributed by atoms with Gasteiger partial charge < -0.3 is 5.32 Å². The van der Waals surface area contributed by atoms with Crippen LogP contribution < -0.4 is 5.32 Å². The highest BCUT2D eigenvalue weighted by Crippen LogP contribution is 2.59. The van der Waals surface area contributed by atoms with Gasteiger partial charge >= 0.3 is 0 Å². The van der Waals surface area contributed by atoms with Crippen LogP contribution in [0, 0.1) is 29.6 Å². The Hall–Kier alpha value is 0.140. The Labute approximate surface area is 128 Å². The third-order valence-electron chi connectivity index (χ3n) is 5.97. The summed E-state index contributed by atoms with van der Waals surface area (Å²) in [5, 5.41) is 8.23. The molecule has 4 aliphatic carbocycles. The number of rotatable bonds is 3. The van der Waals surface area contributed by atoms with Gasteiger partial charge in [-0.2, -0.15) is 11.3 Å². The van der Waals surface area contributed by atoms with Crippen LogP contribution in [0.2, 0.25) is 0 Å². The Morgan fingerprint density at radius 3 is 2.21 bits per heavy atom. The molecule has 4 aliphatic rings. The van der Waals surface area contributed by atoms with Gasteiger partial charge in [-0.15, -0.1) is 0 Å². The number of halogens is 1. The molecule has 104 valence electrons. The molecule has 4 bridgehead atoms. The van der Waals surface area contributed by atoms with Gasteiger partial charge in [0.05, 0.1) is 0 Å². The average molecular weight is 340 g/mol. The summed E-state index contributed by atoms with van der Waals surface area (Å²) in [5.74, 6) is 4.99. The van der Waals surface area contributed by atoms with Crippen molar-refractivity contribution >= 4 is 27.3 Å². The van der Waals surface area contributed by atoms with E-state index in [9.17, 15) is 0 Å². The average Bonchev–Trinajstić information content (AvgIpc) is 2.79. The van der Waals surface area contributed by atoms with Crippen LogP contribution >= 0.6 is 27.3 Å². The first-order valence-corrected chi connectivity index (χ1v) is 9.38. The lowest BCUT2D eigenvalue weighted by Crippen LogP contribution is -2.49. The molecule has 5 rings (SSSR count). The highest BCUT2D eigenvalue weighted by molar-refractivity contribution is 9.10. The highest BCUT2D eigenvalue weighted by atomic mass is 79.9. The van der Waals surface area contributed by atoms with Gasteiger partial charge in [0.1, 0.15) is 0 Å². The summed E-state index contributed by atoms with van der Waals surface area (Å²) in [6.45, 7) is 0. The van der Waals surface area contributed by atoms with E-state index in [1.54, 1.807) is 6.42 Å². The Balaban J connectivity index is 1.66. The van der Waals surface area contributed by atoms with Crippen molar-refractivity contribution < 1.29 is 0 Å². The Bertz CT molecular complexity index is 441. The molecule has 19 heavy (non-hydrogen) atoms. The zero-order valence-corrected chi connectivity index (χ0v) is 13.8. The maximum absolute atomic E-state index is 3.75. The molecule has 0 saturated heterocycles. The molecule has 4 saturated carbocycles. The summed E-state index contributed by atoms with van der Waals surface area (Å²) in [6, 6.07) is 0.565. The molecule has 1 heterocycles. The summed E-state index contributed by atoms with van der Waals surface area (Å²) in [7, 11) is 2.15. The Kier molecular flexibility index (Phi) is 3.28. The molecule has 3 heteroatoms. The number of thiophene rings is 1. The first-order chi connectivity index (χ1) is 9.26. The van der Waals surface area contributed by atoms with E-state index in [1.165, 1.54) is 35.7 Å². The summed E-state index contributed by atoms with van der Waals surface area (Å²) in [5.41, 5.74) is 1.50. The zero-order chi connectivity index (χ0) is 13.0. The van der Waals surface area contributed by atoms with Gasteiger partial charge in [0.15, 0.2) is 0 Å². The second kappa shape index (κ2) is 4.85. The third-order valence-corrected chi connectivity index (χ3v) is 7.72. The van der Waals surface area contributed by atoms with Crippen LogP contribution in [0.25, 0.3) is 0 Å². The maximum atomic E-state index is 3.75. The van der Waals surface area contributed by atoms with Crippen molar-refractivity contribution in [1.82, 2.24) is 5.32 Å². The van der Waals surface area contributed by atoms with E-state index in [0.29, 0.717) is 6.04 Å². The summed E-state index contributed by atoms with van der Waals surface area (Å²) >= 11 is 5.57. The quantitative estimate of drug-likeness (QED) is 0.830. The third kappa shape index (κ3) is 2.04. The molecule has 4 fully saturated rings. The second-order valence-electron chi connectivity index (χ2n) is 6.95. The molecule has 1 aromatic heterocycles. The van der Waals surface area contributed by atoms with Gasteiger partial charge in [-0.25, -0.2) is 0 Å². The molecule has 1 aromatic rings. The molecular formula is C16H22BrNS.